The molecule has 1 aromatic rings. The van der Waals surface area contributed by atoms with Crippen LogP contribution in [0.25, 0.3) is 0 Å². The molecule has 2 N–H and O–H groups in total. The Kier molecular flexibility index (Phi) is 2.82. The summed E-state index contributed by atoms with van der Waals surface area (Å²) < 4.78 is 10.7. The third kappa shape index (κ3) is 2.38. The fourth-order valence-corrected chi connectivity index (χ4v) is 2.72. The van der Waals surface area contributed by atoms with E-state index in [-0.39, 0.29) is 5.54 Å². The Morgan fingerprint density at radius 2 is 2.11 bits per heavy atom. The monoisotopic (exact) mass is 248 g/mol. The van der Waals surface area contributed by atoms with E-state index in [0.717, 1.165) is 36.6 Å². The Morgan fingerprint density at radius 1 is 1.28 bits per heavy atom. The van der Waals surface area contributed by atoms with Gasteiger partial charge in [-0.25, -0.2) is 0 Å². The van der Waals surface area contributed by atoms with Crippen molar-refractivity contribution in [3.05, 3.63) is 18.2 Å². The van der Waals surface area contributed by atoms with Gasteiger partial charge in [-0.3, -0.25) is 0 Å². The van der Waals surface area contributed by atoms with Crippen molar-refractivity contribution in [3.63, 3.8) is 0 Å². The molecule has 0 aromatic heterocycles. The lowest BCUT2D eigenvalue weighted by atomic mass is 9.89. The van der Waals surface area contributed by atoms with Crippen LogP contribution in [0.4, 0.5) is 5.69 Å². The van der Waals surface area contributed by atoms with E-state index >= 15 is 0 Å². The summed E-state index contributed by atoms with van der Waals surface area (Å²) in [6, 6.07) is 6.57. The van der Waals surface area contributed by atoms with Crippen molar-refractivity contribution < 1.29 is 9.47 Å². The SMILES string of the molecule is CC1(C)CC(Nc2ccc3c(c2)OCO3)CCN1. The van der Waals surface area contributed by atoms with Gasteiger partial charge >= 0.3 is 0 Å². The van der Waals surface area contributed by atoms with Gasteiger partial charge in [-0.05, 0) is 45.4 Å². The number of rotatable bonds is 2. The van der Waals surface area contributed by atoms with Crippen LogP contribution in [0.15, 0.2) is 18.2 Å². The first-order chi connectivity index (χ1) is 8.62. The molecule has 0 radical (unpaired) electrons. The summed E-state index contributed by atoms with van der Waals surface area (Å²) in [6.45, 7) is 5.90. The van der Waals surface area contributed by atoms with Crippen LogP contribution in [0.1, 0.15) is 26.7 Å². The Labute approximate surface area is 108 Å². The van der Waals surface area contributed by atoms with Crippen molar-refractivity contribution >= 4 is 5.69 Å². The van der Waals surface area contributed by atoms with Crippen LogP contribution in [0.5, 0.6) is 11.5 Å². The van der Waals surface area contributed by atoms with Crippen molar-refractivity contribution in [3.8, 4) is 11.5 Å². The molecule has 18 heavy (non-hydrogen) atoms. The summed E-state index contributed by atoms with van der Waals surface area (Å²) in [5.74, 6) is 1.68. The molecule has 1 fully saturated rings. The van der Waals surface area contributed by atoms with Crippen molar-refractivity contribution in [2.24, 2.45) is 0 Å². The zero-order valence-corrected chi connectivity index (χ0v) is 11.0. The zero-order chi connectivity index (χ0) is 12.6. The summed E-state index contributed by atoms with van der Waals surface area (Å²) in [4.78, 5) is 0. The number of hydrogen-bond donors (Lipinski definition) is 2. The van der Waals surface area contributed by atoms with Gasteiger partial charge in [0.2, 0.25) is 6.79 Å². The van der Waals surface area contributed by atoms with E-state index in [4.69, 9.17) is 9.47 Å². The summed E-state index contributed by atoms with van der Waals surface area (Å²) in [6.07, 6.45) is 2.28. The number of benzene rings is 1. The number of fused-ring (bicyclic) bond motifs is 1. The van der Waals surface area contributed by atoms with Crippen LogP contribution in [0, 0.1) is 0 Å². The highest BCUT2D eigenvalue weighted by Crippen LogP contribution is 2.35. The van der Waals surface area contributed by atoms with E-state index < -0.39 is 0 Å². The van der Waals surface area contributed by atoms with Crippen molar-refractivity contribution in [1.29, 1.82) is 0 Å². The molecule has 4 nitrogen and oxygen atoms in total. The van der Waals surface area contributed by atoms with Crippen LogP contribution < -0.4 is 20.1 Å². The molecular weight excluding hydrogens is 228 g/mol. The Morgan fingerprint density at radius 3 is 2.94 bits per heavy atom. The van der Waals surface area contributed by atoms with Crippen molar-refractivity contribution in [1.82, 2.24) is 5.32 Å². The zero-order valence-electron chi connectivity index (χ0n) is 11.0. The maximum absolute atomic E-state index is 5.39. The number of ether oxygens (including phenoxy) is 2. The molecule has 4 heteroatoms. The van der Waals surface area contributed by atoms with E-state index in [0.29, 0.717) is 12.8 Å². The molecule has 2 heterocycles. The molecule has 0 bridgehead atoms. The maximum Gasteiger partial charge on any atom is 0.231 e. The summed E-state index contributed by atoms with van der Waals surface area (Å²) >= 11 is 0. The highest BCUT2D eigenvalue weighted by atomic mass is 16.7. The molecule has 1 saturated heterocycles. The van der Waals surface area contributed by atoms with E-state index in [1.54, 1.807) is 0 Å². The van der Waals surface area contributed by atoms with Gasteiger partial charge in [0.1, 0.15) is 0 Å². The minimum atomic E-state index is 0.215. The van der Waals surface area contributed by atoms with E-state index in [1.807, 2.05) is 12.1 Å². The van der Waals surface area contributed by atoms with Crippen LogP contribution in [-0.2, 0) is 0 Å². The van der Waals surface area contributed by atoms with Gasteiger partial charge < -0.3 is 20.1 Å². The second-order valence-electron chi connectivity index (χ2n) is 5.71. The second-order valence-corrected chi connectivity index (χ2v) is 5.71. The van der Waals surface area contributed by atoms with Crippen molar-refractivity contribution in [2.45, 2.75) is 38.3 Å². The van der Waals surface area contributed by atoms with Gasteiger partial charge in [-0.15, -0.1) is 0 Å². The first kappa shape index (κ1) is 11.7. The average Bonchev–Trinajstić information content (AvgIpc) is 2.74. The molecule has 1 atom stereocenters. The molecule has 2 aliphatic rings. The Bertz CT molecular complexity index is 445. The Balaban J connectivity index is 1.69. The minimum absolute atomic E-state index is 0.215. The highest BCUT2D eigenvalue weighted by Gasteiger charge is 2.27. The Hall–Kier alpha value is -1.42. The molecule has 0 aliphatic carbocycles. The minimum Gasteiger partial charge on any atom is -0.454 e. The summed E-state index contributed by atoms with van der Waals surface area (Å²) in [7, 11) is 0. The van der Waals surface area contributed by atoms with E-state index in [9.17, 15) is 0 Å². The molecule has 0 amide bonds. The number of hydrogen-bond acceptors (Lipinski definition) is 4. The van der Waals surface area contributed by atoms with E-state index in [2.05, 4.69) is 30.5 Å². The second kappa shape index (κ2) is 4.35. The topological polar surface area (TPSA) is 42.5 Å². The van der Waals surface area contributed by atoms with Crippen LogP contribution in [0.2, 0.25) is 0 Å². The number of piperidine rings is 1. The van der Waals surface area contributed by atoms with Crippen LogP contribution >= 0.6 is 0 Å². The molecule has 0 spiro atoms. The molecule has 98 valence electrons. The van der Waals surface area contributed by atoms with Gasteiger partial charge in [0, 0.05) is 23.3 Å². The fourth-order valence-electron chi connectivity index (χ4n) is 2.72. The molecule has 3 rings (SSSR count). The quantitative estimate of drug-likeness (QED) is 0.843. The van der Waals surface area contributed by atoms with Gasteiger partial charge in [0.25, 0.3) is 0 Å². The first-order valence-corrected chi connectivity index (χ1v) is 6.54. The third-order valence-electron chi connectivity index (χ3n) is 3.60. The fraction of sp³-hybridized carbons (Fsp3) is 0.571. The lowest BCUT2D eigenvalue weighted by molar-refractivity contribution is 0.174. The first-order valence-electron chi connectivity index (χ1n) is 6.54. The largest absolute Gasteiger partial charge is 0.454 e. The third-order valence-corrected chi connectivity index (χ3v) is 3.60. The standard InChI is InChI=1S/C14H20N2O2/c1-14(2)8-11(5-6-15-14)16-10-3-4-12-13(7-10)18-9-17-12/h3-4,7,11,15-16H,5-6,8-9H2,1-2H3. The van der Waals surface area contributed by atoms with Gasteiger partial charge in [0.15, 0.2) is 11.5 Å². The van der Waals surface area contributed by atoms with Crippen LogP contribution in [0.3, 0.4) is 0 Å². The predicted octanol–water partition coefficient (Wildman–Crippen LogP) is 2.36. The lowest BCUT2D eigenvalue weighted by Crippen LogP contribution is -2.49. The molecule has 2 aliphatic heterocycles. The highest BCUT2D eigenvalue weighted by molar-refractivity contribution is 5.56. The van der Waals surface area contributed by atoms with Crippen molar-refractivity contribution in [2.75, 3.05) is 18.7 Å². The summed E-state index contributed by atoms with van der Waals surface area (Å²) in [5, 5.41) is 7.12. The average molecular weight is 248 g/mol. The number of anilines is 1. The number of nitrogens with one attached hydrogen (secondary N) is 2. The van der Waals surface area contributed by atoms with Gasteiger partial charge in [-0.1, -0.05) is 0 Å². The molecule has 1 unspecified atom stereocenters. The smallest absolute Gasteiger partial charge is 0.231 e. The normalized spacial score (nSPS) is 24.9. The molecule has 1 aromatic carbocycles. The van der Waals surface area contributed by atoms with E-state index in [1.165, 1.54) is 0 Å². The molecular formula is C14H20N2O2. The van der Waals surface area contributed by atoms with Gasteiger partial charge in [-0.2, -0.15) is 0 Å². The predicted molar refractivity (Wildman–Crippen MR) is 71.3 cm³/mol. The lowest BCUT2D eigenvalue weighted by Gasteiger charge is -2.37. The molecule has 0 saturated carbocycles. The maximum atomic E-state index is 5.39. The summed E-state index contributed by atoms with van der Waals surface area (Å²) in [5.41, 5.74) is 1.33. The van der Waals surface area contributed by atoms with Gasteiger partial charge in [0.05, 0.1) is 0 Å². The van der Waals surface area contributed by atoms with Crippen LogP contribution in [-0.4, -0.2) is 24.9 Å².